The molecule has 1 aromatic rings. The number of hydrogen-bond acceptors (Lipinski definition) is 3. The summed E-state index contributed by atoms with van der Waals surface area (Å²) in [7, 11) is 0. The van der Waals surface area contributed by atoms with E-state index >= 15 is 0 Å². The molecule has 126 valence electrons. The van der Waals surface area contributed by atoms with Crippen LogP contribution < -0.4 is 5.32 Å². The molecule has 0 radical (unpaired) electrons. The van der Waals surface area contributed by atoms with Crippen molar-refractivity contribution in [1.82, 2.24) is 25.3 Å². The Kier molecular flexibility index (Phi) is 4.83. The number of rotatable bonds is 2. The first-order valence-corrected chi connectivity index (χ1v) is 8.50. The fraction of sp³-hybridized carbons (Fsp3) is 0.688. The lowest BCUT2D eigenvalue weighted by molar-refractivity contribution is 0.0662. The summed E-state index contributed by atoms with van der Waals surface area (Å²) in [4.78, 5) is 28.4. The molecule has 23 heavy (non-hydrogen) atoms. The van der Waals surface area contributed by atoms with E-state index in [9.17, 15) is 9.59 Å². The number of nitrogens with one attached hydrogen (secondary N) is 2. The highest BCUT2D eigenvalue weighted by Crippen LogP contribution is 2.18. The van der Waals surface area contributed by atoms with Crippen LogP contribution >= 0.6 is 0 Å². The summed E-state index contributed by atoms with van der Waals surface area (Å²) < 4.78 is 0. The van der Waals surface area contributed by atoms with E-state index in [0.717, 1.165) is 18.5 Å². The Morgan fingerprint density at radius 1 is 1.13 bits per heavy atom. The second-order valence-corrected chi connectivity index (χ2v) is 6.47. The first kappa shape index (κ1) is 15.8. The Hall–Kier alpha value is -2.05. The number of H-pyrrole nitrogens is 1. The lowest BCUT2D eigenvalue weighted by atomic mass is 9.96. The molecule has 0 unspecified atom stereocenters. The molecule has 1 saturated carbocycles. The van der Waals surface area contributed by atoms with E-state index in [0.29, 0.717) is 37.8 Å². The summed E-state index contributed by atoms with van der Waals surface area (Å²) in [5.41, 5.74) is 1.40. The van der Waals surface area contributed by atoms with E-state index in [1.165, 1.54) is 19.3 Å². The average molecular weight is 319 g/mol. The Morgan fingerprint density at radius 3 is 2.39 bits per heavy atom. The summed E-state index contributed by atoms with van der Waals surface area (Å²) in [5.74, 6) is -0.0106. The van der Waals surface area contributed by atoms with Crippen LogP contribution in [0, 0.1) is 6.92 Å². The van der Waals surface area contributed by atoms with Crippen LogP contribution in [0.15, 0.2) is 6.20 Å². The molecule has 0 spiro atoms. The molecule has 0 aromatic carbocycles. The van der Waals surface area contributed by atoms with Crippen LogP contribution in [0.1, 0.15) is 48.2 Å². The number of aromatic nitrogens is 2. The van der Waals surface area contributed by atoms with Crippen molar-refractivity contribution in [3.05, 3.63) is 17.5 Å². The van der Waals surface area contributed by atoms with E-state index in [1.807, 2.05) is 11.8 Å². The van der Waals surface area contributed by atoms with Gasteiger partial charge >= 0.3 is 6.03 Å². The molecule has 2 fully saturated rings. The molecule has 2 aliphatic rings. The molecule has 1 aliphatic heterocycles. The quantitative estimate of drug-likeness (QED) is 0.867. The molecule has 3 amide bonds. The summed E-state index contributed by atoms with van der Waals surface area (Å²) >= 11 is 0. The molecule has 1 aliphatic carbocycles. The highest BCUT2D eigenvalue weighted by Gasteiger charge is 2.27. The number of aryl methyl sites for hydroxylation is 1. The van der Waals surface area contributed by atoms with Gasteiger partial charge in [-0.3, -0.25) is 9.89 Å². The number of carbonyl (C=O) groups is 2. The predicted octanol–water partition coefficient (Wildman–Crippen LogP) is 1.52. The van der Waals surface area contributed by atoms with Crippen LogP contribution in [-0.2, 0) is 0 Å². The molecule has 2 heterocycles. The Morgan fingerprint density at radius 2 is 1.78 bits per heavy atom. The fourth-order valence-electron chi connectivity index (χ4n) is 3.36. The van der Waals surface area contributed by atoms with E-state index in [1.54, 1.807) is 11.1 Å². The minimum atomic E-state index is -0.0106. The third kappa shape index (κ3) is 3.65. The second-order valence-electron chi connectivity index (χ2n) is 6.47. The first-order chi connectivity index (χ1) is 11.1. The Labute approximate surface area is 136 Å². The highest BCUT2D eigenvalue weighted by molar-refractivity contribution is 5.95. The summed E-state index contributed by atoms with van der Waals surface area (Å²) in [6.45, 7) is 4.15. The standard InChI is InChI=1S/C16H25N5O2/c1-12-14(11-17-19-12)15(22)20-7-9-21(10-8-20)16(23)18-13-5-3-2-4-6-13/h11,13H,2-10H2,1H3,(H,17,19)(H,18,23). The highest BCUT2D eigenvalue weighted by atomic mass is 16.2. The van der Waals surface area contributed by atoms with Crippen LogP contribution in [0.2, 0.25) is 0 Å². The molecule has 3 rings (SSSR count). The van der Waals surface area contributed by atoms with Crippen molar-refractivity contribution < 1.29 is 9.59 Å². The van der Waals surface area contributed by atoms with Crippen molar-refractivity contribution in [3.63, 3.8) is 0 Å². The molecule has 7 nitrogen and oxygen atoms in total. The number of hydrogen-bond donors (Lipinski definition) is 2. The van der Waals surface area contributed by atoms with Gasteiger partial charge < -0.3 is 15.1 Å². The largest absolute Gasteiger partial charge is 0.335 e. The first-order valence-electron chi connectivity index (χ1n) is 8.50. The van der Waals surface area contributed by atoms with Crippen LogP contribution in [0.5, 0.6) is 0 Å². The minimum absolute atomic E-state index is 0.0106. The van der Waals surface area contributed by atoms with E-state index < -0.39 is 0 Å². The van der Waals surface area contributed by atoms with Gasteiger partial charge in [0.15, 0.2) is 0 Å². The number of amides is 3. The summed E-state index contributed by atoms with van der Waals surface area (Å²) in [5, 5.41) is 9.83. The van der Waals surface area contributed by atoms with Crippen molar-refractivity contribution in [2.45, 2.75) is 45.1 Å². The van der Waals surface area contributed by atoms with E-state index in [2.05, 4.69) is 15.5 Å². The van der Waals surface area contributed by atoms with E-state index in [4.69, 9.17) is 0 Å². The minimum Gasteiger partial charge on any atom is -0.335 e. The number of carbonyl (C=O) groups excluding carboxylic acids is 2. The molecule has 7 heteroatoms. The lowest BCUT2D eigenvalue weighted by Gasteiger charge is -2.36. The van der Waals surface area contributed by atoms with Gasteiger partial charge in [-0.25, -0.2) is 4.79 Å². The third-order valence-electron chi connectivity index (χ3n) is 4.85. The summed E-state index contributed by atoms with van der Waals surface area (Å²) in [6.07, 6.45) is 7.43. The van der Waals surface area contributed by atoms with Gasteiger partial charge in [-0.1, -0.05) is 19.3 Å². The SMILES string of the molecule is Cc1[nH]ncc1C(=O)N1CCN(C(=O)NC2CCCCC2)CC1. The zero-order valence-electron chi connectivity index (χ0n) is 13.7. The predicted molar refractivity (Wildman–Crippen MR) is 86.2 cm³/mol. The second kappa shape index (κ2) is 7.02. The van der Waals surface area contributed by atoms with Gasteiger partial charge in [0, 0.05) is 37.9 Å². The zero-order chi connectivity index (χ0) is 16.2. The summed E-state index contributed by atoms with van der Waals surface area (Å²) in [6, 6.07) is 0.341. The molecule has 1 saturated heterocycles. The Bertz CT molecular complexity index is 557. The molecule has 2 N–H and O–H groups in total. The van der Waals surface area contributed by atoms with Gasteiger partial charge in [-0.2, -0.15) is 5.10 Å². The lowest BCUT2D eigenvalue weighted by Crippen LogP contribution is -2.54. The van der Waals surface area contributed by atoms with Crippen molar-refractivity contribution in [1.29, 1.82) is 0 Å². The fourth-order valence-corrected chi connectivity index (χ4v) is 3.36. The number of piperazine rings is 1. The van der Waals surface area contributed by atoms with Gasteiger partial charge in [-0.15, -0.1) is 0 Å². The van der Waals surface area contributed by atoms with Gasteiger partial charge in [0.2, 0.25) is 0 Å². The normalized spacial score (nSPS) is 19.7. The smallest absolute Gasteiger partial charge is 0.317 e. The maximum atomic E-state index is 12.4. The maximum absolute atomic E-state index is 12.4. The maximum Gasteiger partial charge on any atom is 0.317 e. The monoisotopic (exact) mass is 319 g/mol. The van der Waals surface area contributed by atoms with Crippen LogP contribution in [0.3, 0.4) is 0 Å². The van der Waals surface area contributed by atoms with Crippen molar-refractivity contribution in [2.24, 2.45) is 0 Å². The van der Waals surface area contributed by atoms with Crippen LogP contribution in [-0.4, -0.2) is 64.2 Å². The van der Waals surface area contributed by atoms with Gasteiger partial charge in [0.05, 0.1) is 11.8 Å². The molecule has 1 aromatic heterocycles. The van der Waals surface area contributed by atoms with Crippen LogP contribution in [0.4, 0.5) is 4.79 Å². The van der Waals surface area contributed by atoms with Crippen molar-refractivity contribution >= 4 is 11.9 Å². The molecular formula is C16H25N5O2. The van der Waals surface area contributed by atoms with Crippen molar-refractivity contribution in [3.8, 4) is 0 Å². The topological polar surface area (TPSA) is 81.3 Å². The molecule has 0 atom stereocenters. The average Bonchev–Trinajstić information content (AvgIpc) is 3.01. The Balaban J connectivity index is 1.49. The van der Waals surface area contributed by atoms with Crippen LogP contribution in [0.25, 0.3) is 0 Å². The van der Waals surface area contributed by atoms with E-state index in [-0.39, 0.29) is 11.9 Å². The zero-order valence-corrected chi connectivity index (χ0v) is 13.7. The number of urea groups is 1. The van der Waals surface area contributed by atoms with Gasteiger partial charge in [0.1, 0.15) is 0 Å². The number of aromatic amines is 1. The molecule has 0 bridgehead atoms. The molecular weight excluding hydrogens is 294 g/mol. The van der Waals surface area contributed by atoms with Gasteiger partial charge in [-0.05, 0) is 19.8 Å². The van der Waals surface area contributed by atoms with Crippen molar-refractivity contribution in [2.75, 3.05) is 26.2 Å². The van der Waals surface area contributed by atoms with Gasteiger partial charge in [0.25, 0.3) is 5.91 Å². The number of nitrogens with zero attached hydrogens (tertiary/aromatic N) is 3. The third-order valence-corrected chi connectivity index (χ3v) is 4.85.